The third-order valence-corrected chi connectivity index (χ3v) is 4.84. The normalized spacial score (nSPS) is 10.5. The van der Waals surface area contributed by atoms with Crippen molar-refractivity contribution in [3.05, 3.63) is 77.4 Å². The zero-order valence-electron chi connectivity index (χ0n) is 15.3. The van der Waals surface area contributed by atoms with Crippen LogP contribution >= 0.6 is 11.8 Å². The lowest BCUT2D eigenvalue weighted by Crippen LogP contribution is -2.34. The van der Waals surface area contributed by atoms with Crippen molar-refractivity contribution in [1.82, 2.24) is 20.8 Å². The van der Waals surface area contributed by atoms with Crippen molar-refractivity contribution in [3.8, 4) is 0 Å². The summed E-state index contributed by atoms with van der Waals surface area (Å²) in [4.78, 5) is 29.5. The van der Waals surface area contributed by atoms with Crippen LogP contribution in [-0.2, 0) is 5.75 Å². The van der Waals surface area contributed by atoms with E-state index >= 15 is 0 Å². The summed E-state index contributed by atoms with van der Waals surface area (Å²) in [6, 6.07) is 16.3. The standard InChI is InChI=1S/C20H20N4O3S/c1-14-23-18(27-24-14)13-28-17-10-6-5-9-16(17)20(26)22-12-11-21-19(25)15-7-3-2-4-8-15/h2-10H,11-13H2,1H3,(H,21,25)(H,22,26). The summed E-state index contributed by atoms with van der Waals surface area (Å²) in [7, 11) is 0. The van der Waals surface area contributed by atoms with Crippen LogP contribution in [0.3, 0.4) is 0 Å². The highest BCUT2D eigenvalue weighted by Gasteiger charge is 2.13. The predicted octanol–water partition coefficient (Wildman–Crippen LogP) is 2.83. The number of hydrogen-bond acceptors (Lipinski definition) is 6. The van der Waals surface area contributed by atoms with Crippen LogP contribution < -0.4 is 10.6 Å². The number of rotatable bonds is 8. The molecule has 0 aliphatic carbocycles. The van der Waals surface area contributed by atoms with Crippen molar-refractivity contribution in [2.24, 2.45) is 0 Å². The van der Waals surface area contributed by atoms with Crippen molar-refractivity contribution in [2.75, 3.05) is 13.1 Å². The van der Waals surface area contributed by atoms with Gasteiger partial charge in [0.15, 0.2) is 5.82 Å². The second-order valence-electron chi connectivity index (χ2n) is 5.90. The van der Waals surface area contributed by atoms with Gasteiger partial charge < -0.3 is 15.2 Å². The van der Waals surface area contributed by atoms with Gasteiger partial charge in [0.1, 0.15) is 0 Å². The van der Waals surface area contributed by atoms with Crippen LogP contribution in [0.5, 0.6) is 0 Å². The fourth-order valence-electron chi connectivity index (χ4n) is 2.46. The Balaban J connectivity index is 1.49. The summed E-state index contributed by atoms with van der Waals surface area (Å²) in [5, 5.41) is 9.37. The molecule has 144 valence electrons. The number of hydrogen-bond donors (Lipinski definition) is 2. The number of aromatic nitrogens is 2. The van der Waals surface area contributed by atoms with E-state index < -0.39 is 0 Å². The van der Waals surface area contributed by atoms with Crippen LogP contribution in [0.4, 0.5) is 0 Å². The van der Waals surface area contributed by atoms with Crippen molar-refractivity contribution in [1.29, 1.82) is 0 Å². The number of benzene rings is 2. The van der Waals surface area contributed by atoms with Gasteiger partial charge in [-0.2, -0.15) is 4.98 Å². The van der Waals surface area contributed by atoms with Crippen LogP contribution in [0.25, 0.3) is 0 Å². The Labute approximate surface area is 166 Å². The lowest BCUT2D eigenvalue weighted by Gasteiger charge is -2.10. The first-order valence-electron chi connectivity index (χ1n) is 8.76. The quantitative estimate of drug-likeness (QED) is 0.449. The van der Waals surface area contributed by atoms with E-state index in [2.05, 4.69) is 20.8 Å². The Morgan fingerprint density at radius 2 is 1.64 bits per heavy atom. The molecule has 1 heterocycles. The van der Waals surface area contributed by atoms with E-state index in [4.69, 9.17) is 4.52 Å². The van der Waals surface area contributed by atoms with Gasteiger partial charge in [0.2, 0.25) is 5.89 Å². The second kappa shape index (κ2) is 9.70. The van der Waals surface area contributed by atoms with Gasteiger partial charge in [-0.05, 0) is 31.2 Å². The molecule has 0 atom stereocenters. The molecule has 0 unspecified atom stereocenters. The van der Waals surface area contributed by atoms with Crippen molar-refractivity contribution in [2.45, 2.75) is 17.6 Å². The molecule has 0 radical (unpaired) electrons. The summed E-state index contributed by atoms with van der Waals surface area (Å²) >= 11 is 1.46. The Hall–Kier alpha value is -3.13. The highest BCUT2D eigenvalue weighted by molar-refractivity contribution is 7.98. The molecule has 0 saturated heterocycles. The first-order valence-corrected chi connectivity index (χ1v) is 9.74. The number of aryl methyl sites for hydroxylation is 1. The highest BCUT2D eigenvalue weighted by Crippen LogP contribution is 2.25. The molecule has 3 aromatic rings. The SMILES string of the molecule is Cc1noc(CSc2ccccc2C(=O)NCCNC(=O)c2ccccc2)n1. The minimum atomic E-state index is -0.196. The molecular formula is C20H20N4O3S. The molecule has 0 spiro atoms. The van der Waals surface area contributed by atoms with Crippen LogP contribution in [-0.4, -0.2) is 35.0 Å². The zero-order chi connectivity index (χ0) is 19.8. The van der Waals surface area contributed by atoms with E-state index in [1.54, 1.807) is 37.3 Å². The molecule has 0 aliphatic rings. The molecule has 0 aliphatic heterocycles. The Kier molecular flexibility index (Phi) is 6.80. The minimum Gasteiger partial charge on any atom is -0.350 e. The number of carbonyl (C=O) groups is 2. The van der Waals surface area contributed by atoms with E-state index in [1.165, 1.54) is 11.8 Å². The summed E-state index contributed by atoms with van der Waals surface area (Å²) in [5.41, 5.74) is 1.16. The third-order valence-electron chi connectivity index (χ3n) is 3.78. The van der Waals surface area contributed by atoms with Gasteiger partial charge >= 0.3 is 0 Å². The maximum atomic E-state index is 12.5. The molecule has 2 aromatic carbocycles. The summed E-state index contributed by atoms with van der Waals surface area (Å²) in [5.74, 6) is 1.22. The summed E-state index contributed by atoms with van der Waals surface area (Å²) < 4.78 is 5.10. The molecule has 28 heavy (non-hydrogen) atoms. The van der Waals surface area contributed by atoms with E-state index in [9.17, 15) is 9.59 Å². The van der Waals surface area contributed by atoms with E-state index in [-0.39, 0.29) is 11.8 Å². The van der Waals surface area contributed by atoms with Crippen LogP contribution in [0.2, 0.25) is 0 Å². The van der Waals surface area contributed by atoms with Crippen LogP contribution in [0.1, 0.15) is 32.4 Å². The van der Waals surface area contributed by atoms with Crippen molar-refractivity contribution >= 4 is 23.6 Å². The lowest BCUT2D eigenvalue weighted by molar-refractivity contribution is 0.0926. The summed E-state index contributed by atoms with van der Waals surface area (Å²) in [6.45, 7) is 2.44. The van der Waals surface area contributed by atoms with Crippen molar-refractivity contribution < 1.29 is 14.1 Å². The summed E-state index contributed by atoms with van der Waals surface area (Å²) in [6.07, 6.45) is 0. The molecule has 0 fully saturated rings. The molecular weight excluding hydrogens is 376 g/mol. The number of thioether (sulfide) groups is 1. The molecule has 8 heteroatoms. The molecule has 0 bridgehead atoms. The number of nitrogens with zero attached hydrogens (tertiary/aromatic N) is 2. The number of nitrogens with one attached hydrogen (secondary N) is 2. The van der Waals surface area contributed by atoms with Crippen molar-refractivity contribution in [3.63, 3.8) is 0 Å². The number of amides is 2. The number of carbonyl (C=O) groups excluding carboxylic acids is 2. The van der Waals surface area contributed by atoms with Gasteiger partial charge in [-0.15, -0.1) is 11.8 Å². The molecule has 7 nitrogen and oxygen atoms in total. The van der Waals surface area contributed by atoms with E-state index in [0.29, 0.717) is 41.7 Å². The van der Waals surface area contributed by atoms with Gasteiger partial charge in [0.05, 0.1) is 11.3 Å². The molecule has 0 saturated carbocycles. The fourth-order valence-corrected chi connectivity index (χ4v) is 3.34. The molecule has 2 N–H and O–H groups in total. The van der Waals surface area contributed by atoms with Crippen LogP contribution in [0.15, 0.2) is 64.0 Å². The fraction of sp³-hybridized carbons (Fsp3) is 0.200. The second-order valence-corrected chi connectivity index (χ2v) is 6.92. The van der Waals surface area contributed by atoms with Gasteiger partial charge in [-0.1, -0.05) is 35.5 Å². The van der Waals surface area contributed by atoms with E-state index in [1.807, 2.05) is 24.3 Å². The monoisotopic (exact) mass is 396 g/mol. The average molecular weight is 396 g/mol. The van der Waals surface area contributed by atoms with Crippen LogP contribution in [0, 0.1) is 6.92 Å². The zero-order valence-corrected chi connectivity index (χ0v) is 16.2. The molecule has 1 aromatic heterocycles. The average Bonchev–Trinajstić information content (AvgIpc) is 3.15. The van der Waals surface area contributed by atoms with Gasteiger partial charge in [-0.3, -0.25) is 9.59 Å². The Morgan fingerprint density at radius 3 is 2.36 bits per heavy atom. The predicted molar refractivity (Wildman–Crippen MR) is 106 cm³/mol. The van der Waals surface area contributed by atoms with E-state index in [0.717, 1.165) is 4.90 Å². The minimum absolute atomic E-state index is 0.166. The topological polar surface area (TPSA) is 97.1 Å². The largest absolute Gasteiger partial charge is 0.350 e. The maximum absolute atomic E-state index is 12.5. The molecule has 2 amide bonds. The smallest absolute Gasteiger partial charge is 0.252 e. The third kappa shape index (κ3) is 5.43. The lowest BCUT2D eigenvalue weighted by atomic mass is 10.2. The molecule has 3 rings (SSSR count). The maximum Gasteiger partial charge on any atom is 0.252 e. The highest BCUT2D eigenvalue weighted by atomic mass is 32.2. The first kappa shape index (κ1) is 19.6. The van der Waals surface area contributed by atoms with Gasteiger partial charge in [0, 0.05) is 23.5 Å². The van der Waals surface area contributed by atoms with Gasteiger partial charge in [-0.25, -0.2) is 0 Å². The Morgan fingerprint density at radius 1 is 0.964 bits per heavy atom. The first-order chi connectivity index (χ1) is 13.6. The van der Waals surface area contributed by atoms with Gasteiger partial charge in [0.25, 0.3) is 11.8 Å². The Bertz CT molecular complexity index is 943.